The maximum absolute atomic E-state index is 13.5. The van der Waals surface area contributed by atoms with Gasteiger partial charge in [0.2, 0.25) is 0 Å². The molecule has 4 heteroatoms. The molecule has 0 spiro atoms. The topological polar surface area (TPSA) is 29.1 Å². The molecule has 0 aliphatic carbocycles. The second-order valence-corrected chi connectivity index (χ2v) is 15.6. The Hall–Kier alpha value is -2.58. The van der Waals surface area contributed by atoms with Crippen molar-refractivity contribution >= 4 is 34.8 Å². The molecule has 0 saturated carbocycles. The van der Waals surface area contributed by atoms with E-state index in [0.29, 0.717) is 0 Å². The second kappa shape index (κ2) is 11.4. The predicted octanol–water partition coefficient (Wildman–Crippen LogP) is 6.88. The van der Waals surface area contributed by atoms with E-state index < -0.39 is 18.9 Å². The molecular formula is C33H38NOPS. The second-order valence-electron chi connectivity index (χ2n) is 11.4. The van der Waals surface area contributed by atoms with Crippen LogP contribution in [0.5, 0.6) is 0 Å². The average Bonchev–Trinajstić information content (AvgIpc) is 2.88. The van der Waals surface area contributed by atoms with Gasteiger partial charge in [0, 0.05) is 0 Å². The van der Waals surface area contributed by atoms with Crippen molar-refractivity contribution in [3.05, 3.63) is 126 Å². The minimum absolute atomic E-state index is 0.0720. The summed E-state index contributed by atoms with van der Waals surface area (Å²) in [7, 11) is -2.05. The van der Waals surface area contributed by atoms with Crippen LogP contribution in [-0.2, 0) is 16.4 Å². The fourth-order valence-electron chi connectivity index (χ4n) is 4.29. The summed E-state index contributed by atoms with van der Waals surface area (Å²) in [5, 5.41) is 3.88. The van der Waals surface area contributed by atoms with Crippen molar-refractivity contribution in [2.45, 2.75) is 57.7 Å². The number of rotatable bonds is 7. The van der Waals surface area contributed by atoms with Gasteiger partial charge < -0.3 is 0 Å². The fraction of sp³-hybridized carbons (Fsp3) is 0.273. The summed E-state index contributed by atoms with van der Waals surface area (Å²) in [6, 6.07) is 38.8. The molecule has 192 valence electrons. The Morgan fingerprint density at radius 1 is 0.649 bits per heavy atom. The summed E-state index contributed by atoms with van der Waals surface area (Å²) < 4.78 is 16.6. The predicted molar refractivity (Wildman–Crippen MR) is 163 cm³/mol. The highest BCUT2D eigenvalue weighted by molar-refractivity contribution is 7.84. The molecule has 1 N–H and O–H groups in total. The number of hydrogen-bond donors (Lipinski definition) is 1. The Labute approximate surface area is 226 Å². The Morgan fingerprint density at radius 3 is 1.62 bits per heavy atom. The summed E-state index contributed by atoms with van der Waals surface area (Å²) in [5.41, 5.74) is 3.65. The molecule has 0 aromatic heterocycles. The smallest absolute Gasteiger partial charge is 0.0979 e. The van der Waals surface area contributed by atoms with Crippen molar-refractivity contribution in [3.8, 4) is 0 Å². The third-order valence-electron chi connectivity index (χ3n) is 6.41. The first-order valence-electron chi connectivity index (χ1n) is 12.8. The third kappa shape index (κ3) is 6.65. The zero-order chi connectivity index (χ0) is 26.6. The van der Waals surface area contributed by atoms with E-state index >= 15 is 0 Å². The molecule has 2 atom stereocenters. The van der Waals surface area contributed by atoms with Crippen molar-refractivity contribution in [1.82, 2.24) is 4.72 Å². The summed E-state index contributed by atoms with van der Waals surface area (Å²) in [6.07, 6.45) is 0. The van der Waals surface area contributed by atoms with E-state index in [-0.39, 0.29) is 16.2 Å². The summed E-state index contributed by atoms with van der Waals surface area (Å²) in [4.78, 5) is 0. The lowest BCUT2D eigenvalue weighted by Crippen LogP contribution is -2.38. The van der Waals surface area contributed by atoms with E-state index in [9.17, 15) is 4.21 Å². The van der Waals surface area contributed by atoms with Gasteiger partial charge in [0.1, 0.15) is 0 Å². The zero-order valence-corrected chi connectivity index (χ0v) is 24.4. The number of nitrogens with one attached hydrogen (secondary N) is 1. The van der Waals surface area contributed by atoms with E-state index in [0.717, 1.165) is 5.56 Å². The number of hydrogen-bond acceptors (Lipinski definition) is 1. The van der Waals surface area contributed by atoms with Crippen LogP contribution in [-0.4, -0.2) is 8.96 Å². The molecule has 0 aliphatic rings. The largest absolute Gasteiger partial charge is 0.242 e. The molecule has 4 aromatic carbocycles. The van der Waals surface area contributed by atoms with E-state index in [1.165, 1.54) is 27.0 Å². The first kappa shape index (κ1) is 27.5. The first-order valence-corrected chi connectivity index (χ1v) is 15.3. The molecule has 0 bridgehead atoms. The standard InChI is InChI=1S/C33H38NOPS/c1-32(2,3)26-23-21-25(22-24-26)31(34-37(35)33(4,5)6)29-19-13-14-20-30(29)36(27-15-9-7-10-16-27)28-17-11-8-12-18-28/h7-24,31,34H,1-6H3. The van der Waals surface area contributed by atoms with Gasteiger partial charge in [-0.25, -0.2) is 8.93 Å². The van der Waals surface area contributed by atoms with Gasteiger partial charge in [-0.2, -0.15) is 0 Å². The van der Waals surface area contributed by atoms with Gasteiger partial charge in [-0.15, -0.1) is 0 Å². The van der Waals surface area contributed by atoms with Crippen LogP contribution < -0.4 is 20.6 Å². The van der Waals surface area contributed by atoms with Gasteiger partial charge >= 0.3 is 0 Å². The van der Waals surface area contributed by atoms with Crippen molar-refractivity contribution < 1.29 is 4.21 Å². The van der Waals surface area contributed by atoms with Crippen LogP contribution in [0.1, 0.15) is 64.3 Å². The van der Waals surface area contributed by atoms with Crippen molar-refractivity contribution in [2.75, 3.05) is 0 Å². The molecule has 0 aliphatic heterocycles. The molecule has 2 nitrogen and oxygen atoms in total. The average molecular weight is 528 g/mol. The quantitative estimate of drug-likeness (QED) is 0.261. The van der Waals surface area contributed by atoms with Crippen LogP contribution in [0.2, 0.25) is 0 Å². The fourth-order valence-corrected chi connectivity index (χ4v) is 7.61. The zero-order valence-electron chi connectivity index (χ0n) is 22.7. The van der Waals surface area contributed by atoms with Crippen molar-refractivity contribution in [3.63, 3.8) is 0 Å². The van der Waals surface area contributed by atoms with Crippen LogP contribution in [0, 0.1) is 0 Å². The van der Waals surface area contributed by atoms with Gasteiger partial charge in [-0.05, 0) is 66.7 Å². The Morgan fingerprint density at radius 2 is 1.14 bits per heavy atom. The molecule has 2 unspecified atom stereocenters. The van der Waals surface area contributed by atoms with E-state index in [4.69, 9.17) is 0 Å². The van der Waals surface area contributed by atoms with Gasteiger partial charge in [0.25, 0.3) is 0 Å². The Kier molecular flexibility index (Phi) is 8.49. The summed E-state index contributed by atoms with van der Waals surface area (Å²) in [5.74, 6) is 0. The van der Waals surface area contributed by atoms with E-state index in [1.807, 2.05) is 20.8 Å². The lowest BCUT2D eigenvalue weighted by atomic mass is 9.86. The molecule has 0 amide bonds. The van der Waals surface area contributed by atoms with Crippen LogP contribution in [0.15, 0.2) is 109 Å². The van der Waals surface area contributed by atoms with Crippen LogP contribution >= 0.6 is 7.92 Å². The Balaban J connectivity index is 1.89. The third-order valence-corrected chi connectivity index (χ3v) is 10.5. The van der Waals surface area contributed by atoms with E-state index in [1.54, 1.807) is 0 Å². The normalized spacial score (nSPS) is 13.9. The highest BCUT2D eigenvalue weighted by Crippen LogP contribution is 2.37. The van der Waals surface area contributed by atoms with Gasteiger partial charge in [0.15, 0.2) is 0 Å². The highest BCUT2D eigenvalue weighted by Gasteiger charge is 2.29. The van der Waals surface area contributed by atoms with Crippen molar-refractivity contribution in [1.29, 1.82) is 0 Å². The van der Waals surface area contributed by atoms with Gasteiger partial charge in [-0.1, -0.05) is 130 Å². The molecule has 0 heterocycles. The van der Waals surface area contributed by atoms with Crippen LogP contribution in [0.25, 0.3) is 0 Å². The minimum Gasteiger partial charge on any atom is -0.242 e. The van der Waals surface area contributed by atoms with E-state index in [2.05, 4.69) is 135 Å². The van der Waals surface area contributed by atoms with Crippen molar-refractivity contribution in [2.24, 2.45) is 0 Å². The monoisotopic (exact) mass is 527 g/mol. The lowest BCUT2D eigenvalue weighted by molar-refractivity contribution is 0.589. The maximum Gasteiger partial charge on any atom is 0.0979 e. The van der Waals surface area contributed by atoms with Gasteiger partial charge in [0.05, 0.1) is 21.8 Å². The molecule has 0 fully saturated rings. The van der Waals surface area contributed by atoms with Gasteiger partial charge in [-0.3, -0.25) is 0 Å². The molecule has 4 aromatic rings. The highest BCUT2D eigenvalue weighted by atomic mass is 32.2. The SMILES string of the molecule is CC(C)(C)c1ccc(C(NS(=O)C(C)(C)C)c2ccccc2P(c2ccccc2)c2ccccc2)cc1. The molecule has 4 rings (SSSR count). The summed E-state index contributed by atoms with van der Waals surface area (Å²) >= 11 is 0. The Bertz CT molecular complexity index is 1280. The maximum atomic E-state index is 13.5. The lowest BCUT2D eigenvalue weighted by Gasteiger charge is -2.29. The first-order chi connectivity index (χ1) is 17.6. The molecule has 0 radical (unpaired) electrons. The van der Waals surface area contributed by atoms with Crippen LogP contribution in [0.4, 0.5) is 0 Å². The molecular weight excluding hydrogens is 489 g/mol. The summed E-state index contributed by atoms with van der Waals surface area (Å²) in [6.45, 7) is 12.7. The molecule has 37 heavy (non-hydrogen) atoms. The molecule has 0 saturated heterocycles. The minimum atomic E-state index is -1.24. The number of benzene rings is 4. The van der Waals surface area contributed by atoms with Crippen LogP contribution in [0.3, 0.4) is 0 Å².